The van der Waals surface area contributed by atoms with Gasteiger partial charge in [-0.05, 0) is 88.0 Å². The van der Waals surface area contributed by atoms with Crippen LogP contribution in [0.15, 0.2) is 94.7 Å². The number of aromatic nitrogens is 1. The van der Waals surface area contributed by atoms with Gasteiger partial charge in [0.25, 0.3) is 5.56 Å². The fourth-order valence-electron chi connectivity index (χ4n) is 4.52. The third kappa shape index (κ3) is 6.09. The first-order chi connectivity index (χ1) is 19.8. The van der Waals surface area contributed by atoms with Crippen LogP contribution in [-0.2, 0) is 9.53 Å². The summed E-state index contributed by atoms with van der Waals surface area (Å²) < 4.78 is 29.2. The van der Waals surface area contributed by atoms with Gasteiger partial charge in [-0.15, -0.1) is 0 Å². The summed E-state index contributed by atoms with van der Waals surface area (Å²) in [6.07, 6.45) is 3.45. The average molecular weight is 792 g/mol. The zero-order chi connectivity index (χ0) is 29.1. The molecule has 0 radical (unpaired) electrons. The maximum absolute atomic E-state index is 14.1. The minimum atomic E-state index is -0.879. The van der Waals surface area contributed by atoms with Gasteiger partial charge in [-0.25, -0.2) is 14.2 Å². The monoisotopic (exact) mass is 792 g/mol. The summed E-state index contributed by atoms with van der Waals surface area (Å²) in [6, 6.07) is 18.1. The number of carbonyl (C=O) groups is 1. The van der Waals surface area contributed by atoms with Crippen LogP contribution >= 0.6 is 56.5 Å². The van der Waals surface area contributed by atoms with Gasteiger partial charge in [0.2, 0.25) is 0 Å². The molecule has 3 aromatic carbocycles. The molecule has 4 aromatic rings. The van der Waals surface area contributed by atoms with Crippen molar-refractivity contribution in [2.45, 2.75) is 13.0 Å². The number of nitrogens with zero attached hydrogens (tertiary/aromatic N) is 2. The molecule has 1 aliphatic heterocycles. The average Bonchev–Trinajstić information content (AvgIpc) is 3.27. The lowest BCUT2D eigenvalue weighted by Gasteiger charge is -2.25. The Kier molecular flexibility index (Phi) is 9.19. The van der Waals surface area contributed by atoms with Crippen molar-refractivity contribution in [1.82, 2.24) is 4.57 Å². The summed E-state index contributed by atoms with van der Waals surface area (Å²) in [6.45, 7) is 5.91. The molecule has 10 heteroatoms. The zero-order valence-electron chi connectivity index (χ0n) is 21.8. The highest BCUT2D eigenvalue weighted by molar-refractivity contribution is 14.1. The van der Waals surface area contributed by atoms with Gasteiger partial charge in [0.15, 0.2) is 4.80 Å². The zero-order valence-corrected chi connectivity index (χ0v) is 26.9. The maximum atomic E-state index is 14.1. The number of ether oxygens (including phenoxy) is 2. The van der Waals surface area contributed by atoms with E-state index in [0.717, 1.165) is 12.7 Å². The van der Waals surface area contributed by atoms with Gasteiger partial charge in [0, 0.05) is 14.7 Å². The smallest absolute Gasteiger partial charge is 0.338 e. The van der Waals surface area contributed by atoms with E-state index in [1.165, 1.54) is 28.0 Å². The number of hydrogen-bond donors (Lipinski definition) is 0. The molecule has 1 aromatic heterocycles. The van der Waals surface area contributed by atoms with Gasteiger partial charge in [-0.3, -0.25) is 9.36 Å². The molecule has 208 valence electrons. The molecule has 0 N–H and O–H groups in total. The molecule has 0 amide bonds. The SMILES string of the molecule is C=CCOc1c(I)cc(I)cc1/C=c1\sc2n(c1=O)[C@@H](c1ccc(F)cc1)C(C(=O)OCC)=C(c1ccccc1)N=2. The van der Waals surface area contributed by atoms with Crippen molar-refractivity contribution in [1.29, 1.82) is 0 Å². The maximum Gasteiger partial charge on any atom is 0.338 e. The first kappa shape index (κ1) is 29.4. The van der Waals surface area contributed by atoms with Crippen molar-refractivity contribution in [2.24, 2.45) is 4.99 Å². The second-order valence-electron chi connectivity index (χ2n) is 8.89. The van der Waals surface area contributed by atoms with E-state index in [4.69, 9.17) is 14.5 Å². The molecule has 1 atom stereocenters. The molecule has 6 nitrogen and oxygen atoms in total. The second-order valence-corrected chi connectivity index (χ2v) is 12.3. The Morgan fingerprint density at radius 3 is 2.56 bits per heavy atom. The Morgan fingerprint density at radius 1 is 1.15 bits per heavy atom. The molecular weight excluding hydrogens is 769 g/mol. The molecule has 5 rings (SSSR count). The van der Waals surface area contributed by atoms with E-state index in [-0.39, 0.29) is 17.7 Å². The predicted octanol–water partition coefficient (Wildman–Crippen LogP) is 5.85. The number of thiazole rings is 1. The topological polar surface area (TPSA) is 69.9 Å². The minimum absolute atomic E-state index is 0.143. The van der Waals surface area contributed by atoms with Crippen molar-refractivity contribution in [2.75, 3.05) is 13.2 Å². The van der Waals surface area contributed by atoms with Gasteiger partial charge in [-0.2, -0.15) is 0 Å². The van der Waals surface area contributed by atoms with Crippen LogP contribution in [0.25, 0.3) is 11.8 Å². The van der Waals surface area contributed by atoms with Crippen LogP contribution < -0.4 is 19.6 Å². The van der Waals surface area contributed by atoms with Gasteiger partial charge in [0.05, 0.1) is 32.0 Å². The number of hydrogen-bond acceptors (Lipinski definition) is 6. The lowest BCUT2D eigenvalue weighted by atomic mass is 9.93. The molecule has 0 spiro atoms. The molecule has 0 unspecified atom stereocenters. The Labute approximate surface area is 266 Å². The molecule has 0 fully saturated rings. The van der Waals surface area contributed by atoms with E-state index in [1.807, 2.05) is 42.5 Å². The van der Waals surface area contributed by atoms with E-state index in [9.17, 15) is 14.0 Å². The predicted molar refractivity (Wildman–Crippen MR) is 175 cm³/mol. The number of rotatable bonds is 8. The van der Waals surface area contributed by atoms with E-state index >= 15 is 0 Å². The van der Waals surface area contributed by atoms with Crippen LogP contribution in [0, 0.1) is 13.0 Å². The molecule has 0 saturated carbocycles. The van der Waals surface area contributed by atoms with Crippen LogP contribution in [0.4, 0.5) is 4.39 Å². The third-order valence-corrected chi connectivity index (χ3v) is 8.64. The largest absolute Gasteiger partial charge is 0.488 e. The fourth-order valence-corrected chi connectivity index (χ4v) is 7.56. The molecule has 41 heavy (non-hydrogen) atoms. The van der Waals surface area contributed by atoms with Crippen LogP contribution in [0.2, 0.25) is 0 Å². The molecule has 2 heterocycles. The van der Waals surface area contributed by atoms with Gasteiger partial charge >= 0.3 is 5.97 Å². The number of fused-ring (bicyclic) bond motifs is 1. The first-order valence-corrected chi connectivity index (χ1v) is 15.6. The highest BCUT2D eigenvalue weighted by Gasteiger charge is 2.35. The lowest BCUT2D eigenvalue weighted by molar-refractivity contribution is -0.138. The molecule has 0 saturated heterocycles. The molecular formula is C31H23FI2N2O4S. The standard InChI is InChI=1S/C31H23FI2N2O4S/c1-3-14-40-28-20(15-22(33)17-23(28)34)16-24-29(37)36-27(19-10-12-21(32)13-11-19)25(30(38)39-4-2)26(35-31(36)41-24)18-8-6-5-7-9-18/h3,5-13,15-17,27H,1,4,14H2,2H3/b24-16-/t27-/m0/s1. The number of esters is 1. The van der Waals surface area contributed by atoms with Crippen LogP contribution in [0.3, 0.4) is 0 Å². The van der Waals surface area contributed by atoms with E-state index < -0.39 is 17.8 Å². The summed E-state index contributed by atoms with van der Waals surface area (Å²) in [7, 11) is 0. The highest BCUT2D eigenvalue weighted by Crippen LogP contribution is 2.35. The number of halogens is 3. The quantitative estimate of drug-likeness (QED) is 0.128. The third-order valence-electron chi connectivity index (χ3n) is 6.23. The van der Waals surface area contributed by atoms with Crippen molar-refractivity contribution in [3.8, 4) is 5.75 Å². The van der Waals surface area contributed by atoms with Crippen LogP contribution in [-0.4, -0.2) is 23.8 Å². The van der Waals surface area contributed by atoms with Gasteiger partial charge in [-0.1, -0.05) is 66.5 Å². The summed E-state index contributed by atoms with van der Waals surface area (Å²) in [5.41, 5.74) is 2.28. The second kappa shape index (κ2) is 12.8. The molecule has 1 aliphatic rings. The van der Waals surface area contributed by atoms with E-state index in [2.05, 4.69) is 51.8 Å². The fraction of sp³-hybridized carbons (Fsp3) is 0.129. The summed E-state index contributed by atoms with van der Waals surface area (Å²) in [5, 5.41) is 0. The lowest BCUT2D eigenvalue weighted by Crippen LogP contribution is -2.40. The summed E-state index contributed by atoms with van der Waals surface area (Å²) in [5.74, 6) is -0.374. The van der Waals surface area contributed by atoms with Gasteiger partial charge < -0.3 is 9.47 Å². The Hall–Kier alpha value is -3.10. The van der Waals surface area contributed by atoms with E-state index in [1.54, 1.807) is 31.2 Å². The van der Waals surface area contributed by atoms with E-state index in [0.29, 0.717) is 38.5 Å². The van der Waals surface area contributed by atoms with Crippen molar-refractivity contribution in [3.05, 3.63) is 134 Å². The number of carbonyl (C=O) groups excluding carboxylic acids is 1. The molecule has 0 bridgehead atoms. The van der Waals surface area contributed by atoms with Crippen LogP contribution in [0.5, 0.6) is 5.75 Å². The summed E-state index contributed by atoms with van der Waals surface area (Å²) >= 11 is 5.65. The summed E-state index contributed by atoms with van der Waals surface area (Å²) in [4.78, 5) is 32.9. The Morgan fingerprint density at radius 2 is 1.88 bits per heavy atom. The van der Waals surface area contributed by atoms with Crippen LogP contribution in [0.1, 0.15) is 29.7 Å². The van der Waals surface area contributed by atoms with Crippen molar-refractivity contribution in [3.63, 3.8) is 0 Å². The molecule has 0 aliphatic carbocycles. The number of benzene rings is 3. The normalized spacial score (nSPS) is 14.8. The van der Waals surface area contributed by atoms with Gasteiger partial charge in [0.1, 0.15) is 18.2 Å². The van der Waals surface area contributed by atoms with Crippen molar-refractivity contribution >= 4 is 74.3 Å². The Balaban J connectivity index is 1.82. The minimum Gasteiger partial charge on any atom is -0.488 e. The first-order valence-electron chi connectivity index (χ1n) is 12.6. The highest BCUT2D eigenvalue weighted by atomic mass is 127. The van der Waals surface area contributed by atoms with Crippen molar-refractivity contribution < 1.29 is 18.7 Å². The Bertz CT molecular complexity index is 1850.